The summed E-state index contributed by atoms with van der Waals surface area (Å²) in [5.41, 5.74) is 0.423. The van der Waals surface area contributed by atoms with E-state index in [0.29, 0.717) is 0 Å². The summed E-state index contributed by atoms with van der Waals surface area (Å²) in [5, 5.41) is 8.55. The van der Waals surface area contributed by atoms with Crippen LogP contribution >= 0.6 is 7.60 Å². The Labute approximate surface area is 127 Å². The maximum atomic E-state index is 11.6. The Kier molecular flexibility index (Phi) is 7.20. The second-order valence-corrected chi connectivity index (χ2v) is 5.98. The fourth-order valence-corrected chi connectivity index (χ4v) is 1.79. The molecule has 1 N–H and O–H groups in total. The highest BCUT2D eigenvalue weighted by Gasteiger charge is 2.11. The van der Waals surface area contributed by atoms with Gasteiger partial charge in [-0.2, -0.15) is 0 Å². The Hall–Kier alpha value is -1.73. The third-order valence-electron chi connectivity index (χ3n) is 2.32. The number of benzene rings is 1. The summed E-state index contributed by atoms with van der Waals surface area (Å²) in [7, 11) is -3.84. The third kappa shape index (κ3) is 6.82. The molecule has 122 valence electrons. The molecule has 1 unspecified atom stereocenters. The lowest BCUT2D eigenvalue weighted by molar-refractivity contribution is -0.197. The van der Waals surface area contributed by atoms with Crippen molar-refractivity contribution in [2.24, 2.45) is 0 Å². The van der Waals surface area contributed by atoms with E-state index in [4.69, 9.17) is 14.6 Å². The molecule has 0 radical (unpaired) electrons. The summed E-state index contributed by atoms with van der Waals surface area (Å²) in [6, 6.07) is 5.50. The standard InChI is InChI=1S/C13H17O8P/c1-22(17,18)21-9-8-20-13(16)11-4-2-10(3-5-11)12(15)19-7-6-14/h2-5,14H,6-9H2,1H3,(H,17,18)/p-1. The molecular weight excluding hydrogens is 315 g/mol. The van der Waals surface area contributed by atoms with Crippen molar-refractivity contribution in [2.45, 2.75) is 0 Å². The molecule has 9 heteroatoms. The van der Waals surface area contributed by atoms with Gasteiger partial charge in [0.05, 0.1) is 24.3 Å². The van der Waals surface area contributed by atoms with Crippen molar-refractivity contribution in [1.82, 2.24) is 0 Å². The largest absolute Gasteiger partial charge is 0.779 e. The summed E-state index contributed by atoms with van der Waals surface area (Å²) in [6.45, 7) is 0.0765. The smallest absolute Gasteiger partial charge is 0.338 e. The number of aliphatic hydroxyl groups excluding tert-OH is 1. The Morgan fingerprint density at radius 3 is 1.91 bits per heavy atom. The van der Waals surface area contributed by atoms with Gasteiger partial charge in [-0.25, -0.2) is 9.59 Å². The van der Waals surface area contributed by atoms with E-state index >= 15 is 0 Å². The molecule has 0 saturated carbocycles. The van der Waals surface area contributed by atoms with Crippen LogP contribution in [0.2, 0.25) is 0 Å². The SMILES string of the molecule is CP(=O)([O-])OCCOC(=O)c1ccc(C(=O)OCCO)cc1. The first-order chi connectivity index (χ1) is 10.3. The van der Waals surface area contributed by atoms with Gasteiger partial charge >= 0.3 is 11.9 Å². The molecule has 1 aromatic rings. The zero-order valence-electron chi connectivity index (χ0n) is 11.9. The summed E-state index contributed by atoms with van der Waals surface area (Å²) in [5.74, 6) is -1.28. The summed E-state index contributed by atoms with van der Waals surface area (Å²) < 4.78 is 24.7. The van der Waals surface area contributed by atoms with Gasteiger partial charge in [-0.15, -0.1) is 0 Å². The first-order valence-electron chi connectivity index (χ1n) is 6.32. The van der Waals surface area contributed by atoms with Crippen LogP contribution in [0.3, 0.4) is 0 Å². The fraction of sp³-hybridized carbons (Fsp3) is 0.385. The normalized spacial score (nSPS) is 13.2. The molecule has 0 spiro atoms. The molecule has 8 nitrogen and oxygen atoms in total. The topological polar surface area (TPSA) is 122 Å². The predicted octanol–water partition coefficient (Wildman–Crippen LogP) is 0.192. The van der Waals surface area contributed by atoms with Crippen LogP contribution in [0.25, 0.3) is 0 Å². The molecule has 22 heavy (non-hydrogen) atoms. The lowest BCUT2D eigenvalue weighted by Gasteiger charge is -2.17. The highest BCUT2D eigenvalue weighted by molar-refractivity contribution is 7.50. The molecule has 0 bridgehead atoms. The van der Waals surface area contributed by atoms with Gasteiger partial charge in [-0.1, -0.05) is 0 Å². The quantitative estimate of drug-likeness (QED) is 0.407. The first-order valence-corrected chi connectivity index (χ1v) is 8.30. The van der Waals surface area contributed by atoms with E-state index in [1.807, 2.05) is 0 Å². The van der Waals surface area contributed by atoms with Gasteiger partial charge in [0.15, 0.2) is 0 Å². The van der Waals surface area contributed by atoms with Crippen LogP contribution in [-0.2, 0) is 18.6 Å². The second-order valence-electron chi connectivity index (χ2n) is 4.18. The lowest BCUT2D eigenvalue weighted by Crippen LogP contribution is -2.13. The van der Waals surface area contributed by atoms with Gasteiger partial charge in [0.1, 0.15) is 20.8 Å². The Morgan fingerprint density at radius 1 is 1.05 bits per heavy atom. The van der Waals surface area contributed by atoms with Gasteiger partial charge in [0, 0.05) is 6.66 Å². The average molecular weight is 331 g/mol. The van der Waals surface area contributed by atoms with Crippen molar-refractivity contribution in [3.8, 4) is 0 Å². The Bertz CT molecular complexity index is 548. The van der Waals surface area contributed by atoms with E-state index in [9.17, 15) is 19.0 Å². The van der Waals surface area contributed by atoms with E-state index in [1.54, 1.807) is 0 Å². The van der Waals surface area contributed by atoms with Gasteiger partial charge in [-0.05, 0) is 24.3 Å². The Morgan fingerprint density at radius 2 is 1.50 bits per heavy atom. The van der Waals surface area contributed by atoms with Gasteiger partial charge in [-0.3, -0.25) is 0 Å². The van der Waals surface area contributed by atoms with Gasteiger partial charge < -0.3 is 28.6 Å². The first kappa shape index (κ1) is 18.3. The van der Waals surface area contributed by atoms with Crippen LogP contribution in [0.1, 0.15) is 20.7 Å². The molecule has 0 aliphatic heterocycles. The minimum Gasteiger partial charge on any atom is -0.779 e. The van der Waals surface area contributed by atoms with E-state index in [2.05, 4.69) is 4.52 Å². The van der Waals surface area contributed by atoms with Crippen molar-refractivity contribution in [1.29, 1.82) is 0 Å². The average Bonchev–Trinajstić information content (AvgIpc) is 2.48. The third-order valence-corrected chi connectivity index (χ3v) is 2.97. The zero-order chi connectivity index (χ0) is 16.6. The summed E-state index contributed by atoms with van der Waals surface area (Å²) >= 11 is 0. The molecule has 0 aliphatic carbocycles. The minimum atomic E-state index is -3.84. The Balaban J connectivity index is 2.47. The molecule has 0 amide bonds. The minimum absolute atomic E-state index is 0.108. The second kappa shape index (κ2) is 8.65. The number of hydrogen-bond acceptors (Lipinski definition) is 8. The lowest BCUT2D eigenvalue weighted by atomic mass is 10.1. The van der Waals surface area contributed by atoms with E-state index in [0.717, 1.165) is 6.66 Å². The van der Waals surface area contributed by atoms with Crippen LogP contribution in [0.5, 0.6) is 0 Å². The molecule has 0 saturated heterocycles. The number of rotatable bonds is 8. The molecule has 0 fully saturated rings. The monoisotopic (exact) mass is 331 g/mol. The zero-order valence-corrected chi connectivity index (χ0v) is 12.8. The maximum Gasteiger partial charge on any atom is 0.338 e. The summed E-state index contributed by atoms with van der Waals surface area (Å²) in [4.78, 5) is 33.8. The molecule has 1 atom stereocenters. The highest BCUT2D eigenvalue weighted by atomic mass is 31.2. The molecule has 0 heterocycles. The van der Waals surface area contributed by atoms with Gasteiger partial charge in [0.25, 0.3) is 0 Å². The van der Waals surface area contributed by atoms with Crippen molar-refractivity contribution in [2.75, 3.05) is 33.1 Å². The van der Waals surface area contributed by atoms with Crippen molar-refractivity contribution in [3.63, 3.8) is 0 Å². The summed E-state index contributed by atoms with van der Waals surface area (Å²) in [6.07, 6.45) is 0. The van der Waals surface area contributed by atoms with E-state index < -0.39 is 19.5 Å². The molecule has 1 aromatic carbocycles. The van der Waals surface area contributed by atoms with Crippen molar-refractivity contribution >= 4 is 19.5 Å². The van der Waals surface area contributed by atoms with Crippen LogP contribution in [0.15, 0.2) is 24.3 Å². The highest BCUT2D eigenvalue weighted by Crippen LogP contribution is 2.30. The number of carbonyl (C=O) groups is 2. The number of hydrogen-bond donors (Lipinski definition) is 1. The van der Waals surface area contributed by atoms with Crippen LogP contribution in [-0.4, -0.2) is 50.1 Å². The molecular formula is C13H16O8P-. The van der Waals surface area contributed by atoms with Crippen molar-refractivity contribution in [3.05, 3.63) is 35.4 Å². The predicted molar refractivity (Wildman–Crippen MR) is 73.6 cm³/mol. The number of aliphatic hydroxyl groups is 1. The van der Waals surface area contributed by atoms with Crippen LogP contribution in [0.4, 0.5) is 0 Å². The fourth-order valence-electron chi connectivity index (χ4n) is 1.38. The van der Waals surface area contributed by atoms with Crippen molar-refractivity contribution < 1.29 is 38.2 Å². The van der Waals surface area contributed by atoms with E-state index in [-0.39, 0.29) is 37.6 Å². The number of ether oxygens (including phenoxy) is 2. The number of carbonyl (C=O) groups excluding carboxylic acids is 2. The number of esters is 2. The van der Waals surface area contributed by atoms with Crippen LogP contribution in [0, 0.1) is 0 Å². The molecule has 0 aliphatic rings. The van der Waals surface area contributed by atoms with E-state index in [1.165, 1.54) is 24.3 Å². The molecule has 0 aromatic heterocycles. The van der Waals surface area contributed by atoms with Crippen LogP contribution < -0.4 is 4.89 Å². The molecule has 1 rings (SSSR count). The maximum absolute atomic E-state index is 11.6. The van der Waals surface area contributed by atoms with Gasteiger partial charge in [0.2, 0.25) is 0 Å².